The van der Waals surface area contributed by atoms with Gasteiger partial charge in [0.15, 0.2) is 0 Å². The molecule has 0 aliphatic heterocycles. The van der Waals surface area contributed by atoms with E-state index in [0.29, 0.717) is 17.2 Å². The van der Waals surface area contributed by atoms with E-state index in [0.717, 1.165) is 0 Å². The number of nitrogens with zero attached hydrogens (tertiary/aromatic N) is 3. The average Bonchev–Trinajstić information content (AvgIpc) is 2.68. The average molecular weight is 382 g/mol. The third kappa shape index (κ3) is 4.12. The minimum Gasteiger partial charge on any atom is -0.321 e. The molecule has 0 unspecified atom stereocenters. The maximum Gasteiger partial charge on any atom is 0.274 e. The molecule has 1 amide bonds. The molecule has 0 fully saturated rings. The van der Waals surface area contributed by atoms with Gasteiger partial charge >= 0.3 is 0 Å². The Hall–Kier alpha value is -3.26. The van der Waals surface area contributed by atoms with E-state index in [4.69, 9.17) is 0 Å². The summed E-state index contributed by atoms with van der Waals surface area (Å²) in [6, 6.07) is 16.4. The Bertz CT molecular complexity index is 1070. The first kappa shape index (κ1) is 18.5. The number of carbonyl (C=O) groups excluding carboxylic acids is 1. The summed E-state index contributed by atoms with van der Waals surface area (Å²) in [5.41, 5.74) is 1.11. The van der Waals surface area contributed by atoms with E-state index in [1.807, 2.05) is 6.07 Å². The molecule has 0 saturated carbocycles. The molecule has 3 aromatic rings. The lowest BCUT2D eigenvalue weighted by Gasteiger charge is -2.19. The number of anilines is 2. The number of rotatable bonds is 5. The van der Waals surface area contributed by atoms with Gasteiger partial charge in [-0.2, -0.15) is 0 Å². The van der Waals surface area contributed by atoms with Gasteiger partial charge in [0.05, 0.1) is 10.6 Å². The molecule has 3 rings (SSSR count). The molecule has 0 aliphatic rings. The fourth-order valence-corrected chi connectivity index (χ4v) is 3.69. The van der Waals surface area contributed by atoms with Crippen molar-refractivity contribution < 1.29 is 13.2 Å². The lowest BCUT2D eigenvalue weighted by atomic mass is 10.3. The molecule has 1 N–H and O–H groups in total. The number of aryl methyl sites for hydroxylation is 1. The van der Waals surface area contributed by atoms with E-state index >= 15 is 0 Å². The van der Waals surface area contributed by atoms with E-state index in [2.05, 4.69) is 15.3 Å². The van der Waals surface area contributed by atoms with Crippen molar-refractivity contribution in [2.75, 3.05) is 16.7 Å². The molecule has 8 heteroatoms. The van der Waals surface area contributed by atoms with Crippen LogP contribution in [0.4, 0.5) is 11.4 Å². The van der Waals surface area contributed by atoms with Crippen LogP contribution >= 0.6 is 0 Å². The second-order valence-corrected chi connectivity index (χ2v) is 7.75. The van der Waals surface area contributed by atoms with E-state index in [1.165, 1.54) is 35.7 Å². The highest BCUT2D eigenvalue weighted by Crippen LogP contribution is 2.23. The van der Waals surface area contributed by atoms with Crippen LogP contribution in [0.25, 0.3) is 0 Å². The third-order valence-electron chi connectivity index (χ3n) is 3.88. The monoisotopic (exact) mass is 382 g/mol. The summed E-state index contributed by atoms with van der Waals surface area (Å²) in [5, 5.41) is 2.66. The van der Waals surface area contributed by atoms with Crippen molar-refractivity contribution in [1.29, 1.82) is 0 Å². The van der Waals surface area contributed by atoms with Crippen LogP contribution in [-0.2, 0) is 10.0 Å². The zero-order chi connectivity index (χ0) is 19.4. The Labute approximate surface area is 157 Å². The van der Waals surface area contributed by atoms with Crippen molar-refractivity contribution >= 4 is 27.3 Å². The molecule has 0 radical (unpaired) electrons. The summed E-state index contributed by atoms with van der Waals surface area (Å²) in [6.45, 7) is 1.68. The van der Waals surface area contributed by atoms with Crippen molar-refractivity contribution in [2.45, 2.75) is 11.8 Å². The van der Waals surface area contributed by atoms with Gasteiger partial charge < -0.3 is 5.32 Å². The molecule has 1 heterocycles. The Morgan fingerprint density at radius 3 is 2.48 bits per heavy atom. The molecule has 0 bridgehead atoms. The first-order valence-electron chi connectivity index (χ1n) is 8.13. The Kier molecular flexibility index (Phi) is 5.18. The lowest BCUT2D eigenvalue weighted by Crippen LogP contribution is -2.26. The van der Waals surface area contributed by atoms with Crippen LogP contribution in [0.3, 0.4) is 0 Å². The number of nitrogens with one attached hydrogen (secondary N) is 1. The number of aromatic nitrogens is 2. The summed E-state index contributed by atoms with van der Waals surface area (Å²) in [6.07, 6.45) is 1.49. The zero-order valence-electron chi connectivity index (χ0n) is 14.8. The molecular formula is C19H18N4O3S. The van der Waals surface area contributed by atoms with Gasteiger partial charge in [0, 0.05) is 18.9 Å². The highest BCUT2D eigenvalue weighted by atomic mass is 32.2. The number of amides is 1. The zero-order valence-corrected chi connectivity index (χ0v) is 15.6. The second kappa shape index (κ2) is 7.55. The van der Waals surface area contributed by atoms with E-state index < -0.39 is 15.9 Å². The van der Waals surface area contributed by atoms with Gasteiger partial charge in [0.25, 0.3) is 15.9 Å². The minimum atomic E-state index is -3.77. The normalized spacial score (nSPS) is 11.0. The standard InChI is InChI=1S/C19H18N4O3S/c1-14-20-12-11-18(21-14)19(24)22-15-7-6-10-17(13-15)27(25,26)23(2)16-8-4-3-5-9-16/h3-13H,1-2H3,(H,22,24). The molecule has 0 saturated heterocycles. The van der Waals surface area contributed by atoms with Gasteiger partial charge in [0.2, 0.25) is 0 Å². The van der Waals surface area contributed by atoms with E-state index in [-0.39, 0.29) is 10.6 Å². The van der Waals surface area contributed by atoms with Crippen molar-refractivity contribution in [3.05, 3.63) is 78.4 Å². The molecule has 138 valence electrons. The number of sulfonamides is 1. The topological polar surface area (TPSA) is 92.3 Å². The fourth-order valence-electron chi connectivity index (χ4n) is 2.45. The quantitative estimate of drug-likeness (QED) is 0.732. The number of hydrogen-bond acceptors (Lipinski definition) is 5. The SMILES string of the molecule is Cc1nccc(C(=O)Nc2cccc(S(=O)(=O)N(C)c3ccccc3)c2)n1. The van der Waals surface area contributed by atoms with Crippen LogP contribution in [0.2, 0.25) is 0 Å². The van der Waals surface area contributed by atoms with Gasteiger partial charge in [0.1, 0.15) is 11.5 Å². The van der Waals surface area contributed by atoms with E-state index in [9.17, 15) is 13.2 Å². The first-order valence-corrected chi connectivity index (χ1v) is 9.57. The van der Waals surface area contributed by atoms with Crippen LogP contribution < -0.4 is 9.62 Å². The van der Waals surface area contributed by atoms with Crippen molar-refractivity contribution in [2.24, 2.45) is 0 Å². The van der Waals surface area contributed by atoms with Gasteiger partial charge in [-0.1, -0.05) is 24.3 Å². The Balaban J connectivity index is 1.86. The number of carbonyl (C=O) groups is 1. The minimum absolute atomic E-state index is 0.0746. The Morgan fingerprint density at radius 1 is 1.04 bits per heavy atom. The summed E-state index contributed by atoms with van der Waals surface area (Å²) in [5.74, 6) is 0.0370. The molecule has 7 nitrogen and oxygen atoms in total. The number of hydrogen-bond donors (Lipinski definition) is 1. The van der Waals surface area contributed by atoms with Gasteiger partial charge in [-0.25, -0.2) is 18.4 Å². The molecule has 0 aliphatic carbocycles. The molecular weight excluding hydrogens is 364 g/mol. The van der Waals surface area contributed by atoms with Crippen LogP contribution in [-0.4, -0.2) is 31.3 Å². The molecule has 2 aromatic carbocycles. The van der Waals surface area contributed by atoms with Gasteiger partial charge in [-0.05, 0) is 43.3 Å². The van der Waals surface area contributed by atoms with Crippen molar-refractivity contribution in [1.82, 2.24) is 9.97 Å². The van der Waals surface area contributed by atoms with E-state index in [1.54, 1.807) is 43.3 Å². The highest BCUT2D eigenvalue weighted by molar-refractivity contribution is 7.92. The van der Waals surface area contributed by atoms with Crippen LogP contribution in [0.5, 0.6) is 0 Å². The molecule has 0 spiro atoms. The van der Waals surface area contributed by atoms with Gasteiger partial charge in [-0.3, -0.25) is 9.10 Å². The Morgan fingerprint density at radius 2 is 1.78 bits per heavy atom. The van der Waals surface area contributed by atoms with Crippen molar-refractivity contribution in [3.63, 3.8) is 0 Å². The fraction of sp³-hybridized carbons (Fsp3) is 0.105. The van der Waals surface area contributed by atoms with Crippen LogP contribution in [0.1, 0.15) is 16.3 Å². The maximum atomic E-state index is 12.9. The molecule has 0 atom stereocenters. The van der Waals surface area contributed by atoms with Crippen LogP contribution in [0, 0.1) is 6.92 Å². The predicted octanol–water partition coefficient (Wildman–Crippen LogP) is 2.86. The number of para-hydroxylation sites is 1. The smallest absolute Gasteiger partial charge is 0.274 e. The highest BCUT2D eigenvalue weighted by Gasteiger charge is 2.21. The summed E-state index contributed by atoms with van der Waals surface area (Å²) >= 11 is 0. The second-order valence-electron chi connectivity index (χ2n) is 5.78. The largest absolute Gasteiger partial charge is 0.321 e. The summed E-state index contributed by atoms with van der Waals surface area (Å²) in [4.78, 5) is 20.4. The summed E-state index contributed by atoms with van der Waals surface area (Å²) < 4.78 is 27.0. The van der Waals surface area contributed by atoms with Crippen molar-refractivity contribution in [3.8, 4) is 0 Å². The first-order chi connectivity index (χ1) is 12.9. The number of benzene rings is 2. The molecule has 27 heavy (non-hydrogen) atoms. The third-order valence-corrected chi connectivity index (χ3v) is 5.66. The lowest BCUT2D eigenvalue weighted by molar-refractivity contribution is 0.102. The molecule has 1 aromatic heterocycles. The maximum absolute atomic E-state index is 12.9. The van der Waals surface area contributed by atoms with Gasteiger partial charge in [-0.15, -0.1) is 0 Å². The predicted molar refractivity (Wildman–Crippen MR) is 103 cm³/mol. The van der Waals surface area contributed by atoms with Crippen LogP contribution in [0.15, 0.2) is 71.8 Å². The summed E-state index contributed by atoms with van der Waals surface area (Å²) in [7, 11) is -2.28.